The molecule has 1 heterocycles. The lowest BCUT2D eigenvalue weighted by Crippen LogP contribution is -2.28. The van der Waals surface area contributed by atoms with Gasteiger partial charge in [-0.05, 0) is 82.9 Å². The number of ether oxygens (including phenoxy) is 3. The number of benzene rings is 3. The van der Waals surface area contributed by atoms with Crippen LogP contribution in [-0.4, -0.2) is 43.8 Å². The molecular weight excluding hydrogens is 602 g/mol. The maximum atomic E-state index is 13.5. The lowest BCUT2D eigenvalue weighted by atomic mass is 10.0. The third-order valence-electron chi connectivity index (χ3n) is 6.31. The van der Waals surface area contributed by atoms with Crippen molar-refractivity contribution in [3.63, 3.8) is 0 Å². The molecule has 1 aliphatic rings. The number of nitrogens with one attached hydrogen (secondary N) is 1. The second kappa shape index (κ2) is 14.5. The van der Waals surface area contributed by atoms with Gasteiger partial charge in [-0.3, -0.25) is 9.59 Å². The zero-order valence-corrected chi connectivity index (χ0v) is 25.3. The first-order valence-corrected chi connectivity index (χ1v) is 14.4. The summed E-state index contributed by atoms with van der Waals surface area (Å²) < 4.78 is 17.0. The average Bonchev–Trinajstić information content (AvgIpc) is 3.30. The lowest BCUT2D eigenvalue weighted by molar-refractivity contribution is -0.123. The first-order chi connectivity index (χ1) is 20.3. The van der Waals surface area contributed by atoms with Crippen molar-refractivity contribution in [2.75, 3.05) is 25.3 Å². The molecule has 0 unspecified atom stereocenters. The molecule has 0 saturated carbocycles. The number of hydrazone groups is 1. The Morgan fingerprint density at radius 1 is 1.05 bits per heavy atom. The molecule has 0 bridgehead atoms. The van der Waals surface area contributed by atoms with Crippen LogP contribution in [0.1, 0.15) is 48.2 Å². The van der Waals surface area contributed by atoms with E-state index in [0.717, 1.165) is 12.0 Å². The molecule has 0 radical (unpaired) electrons. The van der Waals surface area contributed by atoms with Gasteiger partial charge in [0, 0.05) is 6.54 Å². The number of esters is 1. The smallest absolute Gasteiger partial charge is 0.338 e. The standard InChI is InChI=1S/C32H32BrN3O6/c1-4-9-27-25(31(38)36(35-27)24-14-12-23(13-15-24)32(39)41-5-2)16-22-17-26(33)30(28(18-22)40-3)42-20-29(37)34-19-21-10-7-6-8-11-21/h6-8,10-18H,4-5,9,19-20H2,1-3H3,(H,34,37). The van der Waals surface area contributed by atoms with Gasteiger partial charge in [0.15, 0.2) is 18.1 Å². The van der Waals surface area contributed by atoms with E-state index in [4.69, 9.17) is 14.2 Å². The first kappa shape index (κ1) is 30.5. The molecule has 3 aromatic rings. The van der Waals surface area contributed by atoms with Crippen LogP contribution in [-0.2, 0) is 20.9 Å². The first-order valence-electron chi connectivity index (χ1n) is 13.6. The minimum atomic E-state index is -0.424. The topological polar surface area (TPSA) is 107 Å². The summed E-state index contributed by atoms with van der Waals surface area (Å²) in [7, 11) is 1.51. The zero-order chi connectivity index (χ0) is 30.1. The number of carbonyl (C=O) groups excluding carboxylic acids is 3. The second-order valence-electron chi connectivity index (χ2n) is 9.32. The molecule has 0 fully saturated rings. The van der Waals surface area contributed by atoms with E-state index >= 15 is 0 Å². The van der Waals surface area contributed by atoms with E-state index < -0.39 is 5.97 Å². The second-order valence-corrected chi connectivity index (χ2v) is 10.2. The highest BCUT2D eigenvalue weighted by Crippen LogP contribution is 2.38. The summed E-state index contributed by atoms with van der Waals surface area (Å²) in [6.07, 6.45) is 3.16. The molecule has 0 saturated heterocycles. The summed E-state index contributed by atoms with van der Waals surface area (Å²) >= 11 is 3.52. The van der Waals surface area contributed by atoms with Gasteiger partial charge in [0.2, 0.25) is 0 Å². The molecule has 4 rings (SSSR count). The Balaban J connectivity index is 1.51. The monoisotopic (exact) mass is 633 g/mol. The van der Waals surface area contributed by atoms with Crippen molar-refractivity contribution in [2.45, 2.75) is 33.2 Å². The lowest BCUT2D eigenvalue weighted by Gasteiger charge is -2.14. The Morgan fingerprint density at radius 2 is 1.79 bits per heavy atom. The number of hydrogen-bond acceptors (Lipinski definition) is 7. The fourth-order valence-electron chi connectivity index (χ4n) is 4.27. The molecular formula is C32H32BrN3O6. The normalized spacial score (nSPS) is 13.6. The summed E-state index contributed by atoms with van der Waals surface area (Å²) in [5.74, 6) is -0.206. The van der Waals surface area contributed by atoms with Crippen LogP contribution in [0, 0.1) is 0 Å². The Bertz CT molecular complexity index is 1500. The van der Waals surface area contributed by atoms with Crippen molar-refractivity contribution in [1.82, 2.24) is 5.32 Å². The molecule has 0 spiro atoms. The number of methoxy groups -OCH3 is 1. The molecule has 3 aromatic carbocycles. The highest BCUT2D eigenvalue weighted by molar-refractivity contribution is 9.10. The minimum absolute atomic E-state index is 0.196. The van der Waals surface area contributed by atoms with Gasteiger partial charge in [-0.15, -0.1) is 0 Å². The van der Waals surface area contributed by atoms with Crippen LogP contribution in [0.15, 0.2) is 81.9 Å². The number of carbonyl (C=O) groups is 3. The number of anilines is 1. The Labute approximate surface area is 253 Å². The van der Waals surface area contributed by atoms with Gasteiger partial charge in [-0.1, -0.05) is 43.7 Å². The van der Waals surface area contributed by atoms with Gasteiger partial charge in [0.25, 0.3) is 11.8 Å². The minimum Gasteiger partial charge on any atom is -0.493 e. The van der Waals surface area contributed by atoms with Gasteiger partial charge >= 0.3 is 5.97 Å². The highest BCUT2D eigenvalue weighted by atomic mass is 79.9. The maximum Gasteiger partial charge on any atom is 0.338 e. The number of rotatable bonds is 12. The van der Waals surface area contributed by atoms with E-state index in [1.807, 2.05) is 37.3 Å². The highest BCUT2D eigenvalue weighted by Gasteiger charge is 2.31. The third-order valence-corrected chi connectivity index (χ3v) is 6.90. The number of amides is 2. The molecule has 9 nitrogen and oxygen atoms in total. The fraction of sp³-hybridized carbons (Fsp3) is 0.250. The van der Waals surface area contributed by atoms with Gasteiger partial charge in [-0.25, -0.2) is 4.79 Å². The van der Waals surface area contributed by atoms with Crippen molar-refractivity contribution >= 4 is 51.2 Å². The summed E-state index contributed by atoms with van der Waals surface area (Å²) in [5, 5.41) is 8.76. The average molecular weight is 635 g/mol. The van der Waals surface area contributed by atoms with Crippen LogP contribution in [0.25, 0.3) is 6.08 Å². The van der Waals surface area contributed by atoms with Gasteiger partial charge in [0.1, 0.15) is 0 Å². The van der Waals surface area contributed by atoms with Crippen molar-refractivity contribution in [3.8, 4) is 11.5 Å². The predicted molar refractivity (Wildman–Crippen MR) is 165 cm³/mol. The van der Waals surface area contributed by atoms with Gasteiger partial charge in [0.05, 0.1) is 40.7 Å². The number of nitrogens with zero attached hydrogens (tertiary/aromatic N) is 2. The molecule has 1 N–H and O–H groups in total. The van der Waals surface area contributed by atoms with Gasteiger partial charge < -0.3 is 19.5 Å². The quantitative estimate of drug-likeness (QED) is 0.196. The van der Waals surface area contributed by atoms with Crippen molar-refractivity contribution in [1.29, 1.82) is 0 Å². The molecule has 10 heteroatoms. The zero-order valence-electron chi connectivity index (χ0n) is 23.7. The van der Waals surface area contributed by atoms with E-state index in [0.29, 0.717) is 57.0 Å². The predicted octanol–water partition coefficient (Wildman–Crippen LogP) is 5.92. The maximum absolute atomic E-state index is 13.5. The summed E-state index contributed by atoms with van der Waals surface area (Å²) in [4.78, 5) is 37.9. The number of halogens is 1. The Morgan fingerprint density at radius 3 is 2.45 bits per heavy atom. The van der Waals surface area contributed by atoms with Crippen LogP contribution in [0.4, 0.5) is 5.69 Å². The van der Waals surface area contributed by atoms with Crippen molar-refractivity contribution in [3.05, 3.63) is 93.5 Å². The van der Waals surface area contributed by atoms with Crippen LogP contribution in [0.2, 0.25) is 0 Å². The van der Waals surface area contributed by atoms with E-state index in [-0.39, 0.29) is 25.0 Å². The SMILES string of the molecule is CCCC1=NN(c2ccc(C(=O)OCC)cc2)C(=O)C1=Cc1cc(Br)c(OCC(=O)NCc2ccccc2)c(OC)c1. The molecule has 1 aliphatic heterocycles. The van der Waals surface area contributed by atoms with Crippen molar-refractivity contribution < 1.29 is 28.6 Å². The Kier molecular flexibility index (Phi) is 10.5. The third kappa shape index (κ3) is 7.44. The molecule has 0 aromatic heterocycles. The van der Waals surface area contributed by atoms with Crippen molar-refractivity contribution in [2.24, 2.45) is 5.10 Å². The van der Waals surface area contributed by atoms with Crippen LogP contribution in [0.3, 0.4) is 0 Å². The molecule has 0 aliphatic carbocycles. The van der Waals surface area contributed by atoms with Gasteiger partial charge in [-0.2, -0.15) is 10.1 Å². The summed E-state index contributed by atoms with van der Waals surface area (Å²) in [5.41, 5.74) is 3.72. The summed E-state index contributed by atoms with van der Waals surface area (Å²) in [6.45, 7) is 4.24. The van der Waals surface area contributed by atoms with Crippen LogP contribution >= 0.6 is 15.9 Å². The molecule has 218 valence electrons. The van der Waals surface area contributed by atoms with E-state index in [1.54, 1.807) is 49.4 Å². The van der Waals surface area contributed by atoms with Crippen LogP contribution in [0.5, 0.6) is 11.5 Å². The van der Waals surface area contributed by atoms with Crippen LogP contribution < -0.4 is 19.8 Å². The number of hydrogen-bond donors (Lipinski definition) is 1. The van der Waals surface area contributed by atoms with E-state index in [9.17, 15) is 14.4 Å². The largest absolute Gasteiger partial charge is 0.493 e. The molecule has 42 heavy (non-hydrogen) atoms. The fourth-order valence-corrected chi connectivity index (χ4v) is 4.84. The van der Waals surface area contributed by atoms with E-state index in [1.165, 1.54) is 12.1 Å². The summed E-state index contributed by atoms with van der Waals surface area (Å²) in [6, 6.07) is 19.7. The Hall–Kier alpha value is -4.44. The van der Waals surface area contributed by atoms with E-state index in [2.05, 4.69) is 26.3 Å². The molecule has 0 atom stereocenters. The molecule has 2 amide bonds.